The third-order valence-electron chi connectivity index (χ3n) is 3.00. The van der Waals surface area contributed by atoms with E-state index in [1.807, 2.05) is 23.4 Å². The van der Waals surface area contributed by atoms with E-state index in [4.69, 9.17) is 0 Å². The van der Waals surface area contributed by atoms with Gasteiger partial charge in [0.2, 0.25) is 0 Å². The summed E-state index contributed by atoms with van der Waals surface area (Å²) in [5.41, 5.74) is 0.805. The highest BCUT2D eigenvalue weighted by molar-refractivity contribution is 9.11. The standard InChI is InChI=1S/C11H15BrN2OS.ClH/c1-13-9-2-4-14(5-3-9)11(15)8-6-10(12)16-7-8;/h6-7,9,13H,2-5H2,1H3;1H. The van der Waals surface area contributed by atoms with Crippen molar-refractivity contribution in [1.29, 1.82) is 0 Å². The molecule has 1 aliphatic heterocycles. The fourth-order valence-corrected chi connectivity index (χ4v) is 3.11. The van der Waals surface area contributed by atoms with E-state index < -0.39 is 0 Å². The third kappa shape index (κ3) is 3.68. The van der Waals surface area contributed by atoms with Crippen LogP contribution in [0.2, 0.25) is 0 Å². The molecule has 1 saturated heterocycles. The van der Waals surface area contributed by atoms with Crippen molar-refractivity contribution in [2.75, 3.05) is 20.1 Å². The maximum absolute atomic E-state index is 12.1. The first-order valence-electron chi connectivity index (χ1n) is 5.41. The van der Waals surface area contributed by atoms with Gasteiger partial charge in [0.1, 0.15) is 0 Å². The van der Waals surface area contributed by atoms with Gasteiger partial charge in [-0.2, -0.15) is 0 Å². The monoisotopic (exact) mass is 338 g/mol. The molecule has 1 aromatic rings. The molecule has 96 valence electrons. The van der Waals surface area contributed by atoms with Gasteiger partial charge in [-0.05, 0) is 41.9 Å². The number of likely N-dealkylation sites (tertiary alicyclic amines) is 1. The Hall–Kier alpha value is -0.100. The second kappa shape index (κ2) is 6.73. The molecule has 0 radical (unpaired) electrons. The van der Waals surface area contributed by atoms with Gasteiger partial charge in [0, 0.05) is 24.5 Å². The van der Waals surface area contributed by atoms with Crippen LogP contribution in [-0.4, -0.2) is 37.0 Å². The maximum Gasteiger partial charge on any atom is 0.254 e. The minimum absolute atomic E-state index is 0. The number of carbonyl (C=O) groups is 1. The predicted octanol–water partition coefficient (Wildman–Crippen LogP) is 2.76. The smallest absolute Gasteiger partial charge is 0.254 e. The number of nitrogens with one attached hydrogen (secondary N) is 1. The molecular weight excluding hydrogens is 324 g/mol. The molecular formula is C11H16BrClN2OS. The van der Waals surface area contributed by atoms with Crippen LogP contribution in [0.25, 0.3) is 0 Å². The van der Waals surface area contributed by atoms with Crippen LogP contribution < -0.4 is 5.32 Å². The van der Waals surface area contributed by atoms with E-state index >= 15 is 0 Å². The SMILES string of the molecule is CNC1CCN(C(=O)c2csc(Br)c2)CC1.Cl. The topological polar surface area (TPSA) is 32.3 Å². The van der Waals surface area contributed by atoms with Crippen LogP contribution in [0.3, 0.4) is 0 Å². The Balaban J connectivity index is 0.00000144. The highest BCUT2D eigenvalue weighted by atomic mass is 79.9. The van der Waals surface area contributed by atoms with Crippen LogP contribution in [0.4, 0.5) is 0 Å². The van der Waals surface area contributed by atoms with Crippen LogP contribution >= 0.6 is 39.7 Å². The van der Waals surface area contributed by atoms with Crippen LogP contribution in [0, 0.1) is 0 Å². The quantitative estimate of drug-likeness (QED) is 0.898. The Morgan fingerprint density at radius 2 is 2.18 bits per heavy atom. The average Bonchev–Trinajstić information content (AvgIpc) is 2.75. The summed E-state index contributed by atoms with van der Waals surface area (Å²) in [5.74, 6) is 0.163. The lowest BCUT2D eigenvalue weighted by Crippen LogP contribution is -2.43. The van der Waals surface area contributed by atoms with Gasteiger partial charge in [0.05, 0.1) is 9.35 Å². The summed E-state index contributed by atoms with van der Waals surface area (Å²) in [4.78, 5) is 14.0. The van der Waals surface area contributed by atoms with E-state index in [1.165, 1.54) is 0 Å². The summed E-state index contributed by atoms with van der Waals surface area (Å²) < 4.78 is 1.01. The third-order valence-corrected chi connectivity index (χ3v) is 4.51. The lowest BCUT2D eigenvalue weighted by Gasteiger charge is -2.31. The predicted molar refractivity (Wildman–Crippen MR) is 77.3 cm³/mol. The Morgan fingerprint density at radius 1 is 1.53 bits per heavy atom. The fraction of sp³-hybridized carbons (Fsp3) is 0.545. The van der Waals surface area contributed by atoms with Crippen LogP contribution in [-0.2, 0) is 0 Å². The minimum atomic E-state index is 0. The normalized spacial score (nSPS) is 16.7. The minimum Gasteiger partial charge on any atom is -0.339 e. The highest BCUT2D eigenvalue weighted by Crippen LogP contribution is 2.23. The first-order chi connectivity index (χ1) is 7.70. The molecule has 0 aliphatic carbocycles. The Bertz CT molecular complexity index is 377. The van der Waals surface area contributed by atoms with Crippen molar-refractivity contribution in [2.24, 2.45) is 0 Å². The number of nitrogens with zero attached hydrogens (tertiary/aromatic N) is 1. The Morgan fingerprint density at radius 3 is 2.65 bits per heavy atom. The summed E-state index contributed by atoms with van der Waals surface area (Å²) in [6.07, 6.45) is 2.10. The van der Waals surface area contributed by atoms with E-state index in [1.54, 1.807) is 11.3 Å². The molecule has 1 aliphatic rings. The molecule has 3 nitrogen and oxygen atoms in total. The number of thiophene rings is 1. The second-order valence-corrected chi connectivity index (χ2v) is 6.29. The van der Waals surface area contributed by atoms with Crippen molar-refractivity contribution >= 4 is 45.6 Å². The van der Waals surface area contributed by atoms with E-state index in [-0.39, 0.29) is 18.3 Å². The number of rotatable bonds is 2. The summed E-state index contributed by atoms with van der Waals surface area (Å²) >= 11 is 4.94. The average molecular weight is 340 g/mol. The zero-order valence-corrected chi connectivity index (χ0v) is 12.8. The van der Waals surface area contributed by atoms with Gasteiger partial charge in [-0.25, -0.2) is 0 Å². The molecule has 0 saturated carbocycles. The molecule has 2 heterocycles. The van der Waals surface area contributed by atoms with Gasteiger partial charge in [0.15, 0.2) is 0 Å². The number of carbonyl (C=O) groups excluding carboxylic acids is 1. The second-order valence-electron chi connectivity index (χ2n) is 3.99. The zero-order chi connectivity index (χ0) is 11.5. The molecule has 1 aromatic heterocycles. The number of amides is 1. The van der Waals surface area contributed by atoms with Gasteiger partial charge >= 0.3 is 0 Å². The molecule has 1 amide bonds. The molecule has 17 heavy (non-hydrogen) atoms. The number of halogens is 2. The summed E-state index contributed by atoms with van der Waals surface area (Å²) in [6.45, 7) is 1.72. The summed E-state index contributed by atoms with van der Waals surface area (Å²) in [5, 5.41) is 5.18. The van der Waals surface area contributed by atoms with E-state index in [0.29, 0.717) is 6.04 Å². The molecule has 0 bridgehead atoms. The maximum atomic E-state index is 12.1. The van der Waals surface area contributed by atoms with Gasteiger partial charge in [0.25, 0.3) is 5.91 Å². The van der Waals surface area contributed by atoms with Crippen molar-refractivity contribution in [1.82, 2.24) is 10.2 Å². The van der Waals surface area contributed by atoms with Gasteiger partial charge < -0.3 is 10.2 Å². The van der Waals surface area contributed by atoms with Crippen molar-refractivity contribution in [3.8, 4) is 0 Å². The number of hydrogen-bond donors (Lipinski definition) is 1. The van der Waals surface area contributed by atoms with Crippen molar-refractivity contribution in [2.45, 2.75) is 18.9 Å². The Labute approximate surface area is 120 Å². The van der Waals surface area contributed by atoms with Crippen LogP contribution in [0.15, 0.2) is 15.2 Å². The lowest BCUT2D eigenvalue weighted by atomic mass is 10.0. The molecule has 0 unspecified atom stereocenters. The van der Waals surface area contributed by atoms with E-state index in [0.717, 1.165) is 35.3 Å². The zero-order valence-electron chi connectivity index (χ0n) is 9.61. The van der Waals surface area contributed by atoms with Crippen LogP contribution in [0.1, 0.15) is 23.2 Å². The van der Waals surface area contributed by atoms with Gasteiger partial charge in [-0.3, -0.25) is 4.79 Å². The molecule has 1 fully saturated rings. The van der Waals surface area contributed by atoms with E-state index in [2.05, 4.69) is 21.2 Å². The molecule has 6 heteroatoms. The molecule has 0 aromatic carbocycles. The van der Waals surface area contributed by atoms with Crippen LogP contribution in [0.5, 0.6) is 0 Å². The molecule has 1 N–H and O–H groups in total. The fourth-order valence-electron chi connectivity index (χ4n) is 1.98. The first kappa shape index (κ1) is 15.0. The number of piperidine rings is 1. The summed E-state index contributed by atoms with van der Waals surface area (Å²) in [7, 11) is 1.98. The number of hydrogen-bond acceptors (Lipinski definition) is 3. The Kier molecular flexibility index (Phi) is 5.92. The van der Waals surface area contributed by atoms with Crippen molar-refractivity contribution in [3.63, 3.8) is 0 Å². The highest BCUT2D eigenvalue weighted by Gasteiger charge is 2.23. The van der Waals surface area contributed by atoms with Gasteiger partial charge in [-0.15, -0.1) is 23.7 Å². The molecule has 0 atom stereocenters. The van der Waals surface area contributed by atoms with Crippen molar-refractivity contribution < 1.29 is 4.79 Å². The van der Waals surface area contributed by atoms with E-state index in [9.17, 15) is 4.79 Å². The largest absolute Gasteiger partial charge is 0.339 e. The summed E-state index contributed by atoms with van der Waals surface area (Å²) in [6, 6.07) is 2.47. The van der Waals surface area contributed by atoms with Gasteiger partial charge in [-0.1, -0.05) is 0 Å². The lowest BCUT2D eigenvalue weighted by molar-refractivity contribution is 0.0708. The molecule has 0 spiro atoms. The van der Waals surface area contributed by atoms with Crippen molar-refractivity contribution in [3.05, 3.63) is 20.8 Å². The first-order valence-corrected chi connectivity index (χ1v) is 7.08. The molecule has 2 rings (SSSR count).